The minimum atomic E-state index is -0.917. The molecule has 1 saturated carbocycles. The first kappa shape index (κ1) is 25.3. The molecule has 198 valence electrons. The van der Waals surface area contributed by atoms with Crippen molar-refractivity contribution in [2.45, 2.75) is 37.5 Å². The molecule has 0 unspecified atom stereocenters. The zero-order chi connectivity index (χ0) is 27.0. The lowest BCUT2D eigenvalue weighted by molar-refractivity contribution is 0.0999. The molecule has 2 fully saturated rings. The summed E-state index contributed by atoms with van der Waals surface area (Å²) in [6.07, 6.45) is 2.27. The van der Waals surface area contributed by atoms with Crippen molar-refractivity contribution in [1.82, 2.24) is 24.9 Å². The quantitative estimate of drug-likeness (QED) is 0.290. The molecule has 0 bridgehead atoms. The summed E-state index contributed by atoms with van der Waals surface area (Å²) >= 11 is 6.78. The second-order valence-corrected chi connectivity index (χ2v) is 9.46. The third kappa shape index (κ3) is 5.06. The fourth-order valence-electron chi connectivity index (χ4n) is 4.25. The summed E-state index contributed by atoms with van der Waals surface area (Å²) in [5, 5.41) is 33.7. The van der Waals surface area contributed by atoms with Crippen LogP contribution in [0.3, 0.4) is 0 Å². The van der Waals surface area contributed by atoms with E-state index >= 15 is 0 Å². The molecule has 1 saturated heterocycles. The van der Waals surface area contributed by atoms with Gasteiger partial charge in [0.1, 0.15) is 6.07 Å². The van der Waals surface area contributed by atoms with Gasteiger partial charge in [-0.15, -0.1) is 5.10 Å². The summed E-state index contributed by atoms with van der Waals surface area (Å²) in [6.45, 7) is 0.556. The first-order valence-corrected chi connectivity index (χ1v) is 12.3. The molecule has 1 aliphatic heterocycles. The highest BCUT2D eigenvalue weighted by molar-refractivity contribution is 6.36. The van der Waals surface area contributed by atoms with Gasteiger partial charge < -0.3 is 36.4 Å². The van der Waals surface area contributed by atoms with Gasteiger partial charge in [-0.1, -0.05) is 11.6 Å². The number of nitriles is 1. The number of nitrogens with zero attached hydrogens (tertiary/aromatic N) is 6. The van der Waals surface area contributed by atoms with Crippen LogP contribution in [0.15, 0.2) is 18.3 Å². The number of hydrogen-bond donors (Lipinski definition) is 5. The monoisotopic (exact) mass is 540 g/mol. The van der Waals surface area contributed by atoms with Crippen molar-refractivity contribution in [3.8, 4) is 6.07 Å². The Morgan fingerprint density at radius 3 is 2.76 bits per heavy atom. The van der Waals surface area contributed by atoms with E-state index in [1.165, 1.54) is 23.9 Å². The number of primary amides is 1. The highest BCUT2D eigenvalue weighted by Crippen LogP contribution is 2.37. The Bertz CT molecular complexity index is 1450. The number of imidazole rings is 1. The van der Waals surface area contributed by atoms with Crippen molar-refractivity contribution in [3.05, 3.63) is 34.6 Å². The molecule has 1 aliphatic carbocycles. The lowest BCUT2D eigenvalue weighted by atomic mass is 10.0. The van der Waals surface area contributed by atoms with E-state index in [4.69, 9.17) is 17.3 Å². The van der Waals surface area contributed by atoms with Crippen molar-refractivity contribution < 1.29 is 19.4 Å². The first-order valence-electron chi connectivity index (χ1n) is 11.9. The number of aliphatic hydroxyl groups is 1. The minimum Gasteiger partial charge on any atom is -0.453 e. The molecule has 2 aromatic heterocycles. The average molecular weight is 541 g/mol. The number of carbonyl (C=O) groups is 2. The Morgan fingerprint density at radius 1 is 1.32 bits per heavy atom. The van der Waals surface area contributed by atoms with Crippen molar-refractivity contribution >= 4 is 52.4 Å². The zero-order valence-corrected chi connectivity index (χ0v) is 21.1. The van der Waals surface area contributed by atoms with Gasteiger partial charge in [-0.2, -0.15) is 14.8 Å². The number of methoxy groups -OCH3 is 1. The van der Waals surface area contributed by atoms with Gasteiger partial charge in [0, 0.05) is 24.7 Å². The van der Waals surface area contributed by atoms with Gasteiger partial charge in [-0.05, 0) is 31.4 Å². The number of rotatable bonds is 7. The third-order valence-electron chi connectivity index (χ3n) is 6.39. The lowest BCUT2D eigenvalue weighted by Crippen LogP contribution is -2.54. The summed E-state index contributed by atoms with van der Waals surface area (Å²) < 4.78 is 6.00. The van der Waals surface area contributed by atoms with Crippen LogP contribution in [0.1, 0.15) is 35.3 Å². The molecule has 0 radical (unpaired) electrons. The van der Waals surface area contributed by atoms with E-state index in [1.807, 2.05) is 0 Å². The van der Waals surface area contributed by atoms with E-state index in [2.05, 4.69) is 41.8 Å². The number of anilines is 4. The molecule has 14 nitrogen and oxygen atoms in total. The van der Waals surface area contributed by atoms with Gasteiger partial charge in [-0.25, -0.2) is 9.78 Å². The number of ether oxygens (including phenoxy) is 1. The molecule has 5 rings (SSSR count). The lowest BCUT2D eigenvalue weighted by Gasteiger charge is -2.38. The first-order chi connectivity index (χ1) is 18.3. The summed E-state index contributed by atoms with van der Waals surface area (Å²) in [7, 11) is 1.25. The smallest absolute Gasteiger partial charge is 0.407 e. The Balaban J connectivity index is 1.48. The molecule has 3 heterocycles. The summed E-state index contributed by atoms with van der Waals surface area (Å²) in [5.74, 6) is -0.106. The highest BCUT2D eigenvalue weighted by atomic mass is 35.5. The summed E-state index contributed by atoms with van der Waals surface area (Å²) in [5.41, 5.74) is 7.17. The van der Waals surface area contributed by atoms with Crippen LogP contribution in [0, 0.1) is 11.3 Å². The highest BCUT2D eigenvalue weighted by Gasteiger charge is 2.31. The maximum absolute atomic E-state index is 12.2. The molecule has 15 heteroatoms. The number of alkyl carbamates (subject to hydrolysis) is 1. The number of piperidine rings is 1. The van der Waals surface area contributed by atoms with Gasteiger partial charge in [-0.3, -0.25) is 4.79 Å². The normalized spacial score (nSPS) is 19.1. The average Bonchev–Trinajstić information content (AvgIpc) is 3.62. The van der Waals surface area contributed by atoms with Crippen LogP contribution in [-0.2, 0) is 4.74 Å². The van der Waals surface area contributed by atoms with Crippen LogP contribution in [0.5, 0.6) is 0 Å². The molecule has 3 aromatic rings. The Morgan fingerprint density at radius 2 is 2.11 bits per heavy atom. The predicted molar refractivity (Wildman–Crippen MR) is 138 cm³/mol. The summed E-state index contributed by atoms with van der Waals surface area (Å²) in [6, 6.07) is 4.84. The third-order valence-corrected chi connectivity index (χ3v) is 6.79. The van der Waals surface area contributed by atoms with E-state index in [1.54, 1.807) is 11.0 Å². The second kappa shape index (κ2) is 10.2. The fourth-order valence-corrected chi connectivity index (χ4v) is 4.53. The van der Waals surface area contributed by atoms with Gasteiger partial charge in [0.15, 0.2) is 17.2 Å². The molecule has 0 spiro atoms. The number of fused-ring (bicyclic) bond motifs is 1. The number of halogens is 1. The molecule has 2 aliphatic rings. The maximum atomic E-state index is 12.2. The van der Waals surface area contributed by atoms with E-state index in [0.717, 1.165) is 12.8 Å². The number of nitrogens with one attached hydrogen (secondary N) is 3. The van der Waals surface area contributed by atoms with Crippen LogP contribution in [-0.4, -0.2) is 75.1 Å². The second-order valence-electron chi connectivity index (χ2n) is 9.08. The molecule has 2 atom stereocenters. The number of benzene rings is 1. The van der Waals surface area contributed by atoms with Gasteiger partial charge in [0.25, 0.3) is 0 Å². The fraction of sp³-hybridized carbons (Fsp3) is 0.391. The molecular weight excluding hydrogens is 516 g/mol. The molecule has 2 amide bonds. The van der Waals surface area contributed by atoms with Crippen LogP contribution in [0.25, 0.3) is 5.65 Å². The largest absolute Gasteiger partial charge is 0.453 e. The van der Waals surface area contributed by atoms with Crippen molar-refractivity contribution in [3.63, 3.8) is 0 Å². The van der Waals surface area contributed by atoms with Crippen molar-refractivity contribution in [1.29, 1.82) is 5.26 Å². The van der Waals surface area contributed by atoms with Crippen molar-refractivity contribution in [2.75, 3.05) is 35.7 Å². The van der Waals surface area contributed by atoms with Gasteiger partial charge in [0.2, 0.25) is 11.9 Å². The van der Waals surface area contributed by atoms with Crippen LogP contribution in [0.4, 0.5) is 27.9 Å². The van der Waals surface area contributed by atoms with Crippen LogP contribution < -0.4 is 26.6 Å². The Kier molecular flexibility index (Phi) is 6.79. The number of β-amino-alcohol motifs (C(OH)–C–C–N with tert-alkyl or cyclic N) is 1. The maximum Gasteiger partial charge on any atom is 0.407 e. The van der Waals surface area contributed by atoms with E-state index in [9.17, 15) is 20.0 Å². The van der Waals surface area contributed by atoms with Crippen LogP contribution >= 0.6 is 11.6 Å². The Hall–Kier alpha value is -4.35. The van der Waals surface area contributed by atoms with Gasteiger partial charge >= 0.3 is 6.09 Å². The Labute approximate surface area is 221 Å². The number of hydrogen-bond acceptors (Lipinski definition) is 11. The molecular formula is C23H25ClN10O4. The standard InChI is InChI=1S/C23H25ClN10O4/c1-38-23(37)30-14-4-5-33(10-17(14)35)16-7-11(19(26)36)6-15(18(16)24)29-22-31-20(28-12-2-3-12)21-27-9-13(8-25)34(21)32-22/h6-7,9,12,14,17,35H,2-5,10H2,1H3,(H2,26,36)(H,30,37)(H2,28,29,31,32)/t14-,17-/m0/s1. The van der Waals surface area contributed by atoms with Crippen molar-refractivity contribution in [2.24, 2.45) is 5.73 Å². The molecule has 38 heavy (non-hydrogen) atoms. The SMILES string of the molecule is COC(=O)N[C@H]1CCN(c2cc(C(N)=O)cc(Nc3nc(NC4CC4)c4ncc(C#N)n4n3)c2Cl)C[C@@H]1O. The van der Waals surface area contributed by atoms with E-state index in [-0.39, 0.29) is 34.8 Å². The number of aliphatic hydroxyl groups excluding tert-OH is 1. The van der Waals surface area contributed by atoms with E-state index < -0.39 is 24.1 Å². The topological polar surface area (TPSA) is 196 Å². The number of nitrogens with two attached hydrogens (primary N) is 1. The van der Waals surface area contributed by atoms with Gasteiger partial charge in [0.05, 0.1) is 41.8 Å². The van der Waals surface area contributed by atoms with E-state index in [0.29, 0.717) is 35.8 Å². The van der Waals surface area contributed by atoms with Crippen LogP contribution in [0.2, 0.25) is 5.02 Å². The summed E-state index contributed by atoms with van der Waals surface area (Å²) in [4.78, 5) is 34.3. The molecule has 1 aromatic carbocycles. The number of aromatic nitrogens is 4. The predicted octanol–water partition coefficient (Wildman–Crippen LogP) is 1.36. The number of amides is 2. The molecule has 6 N–H and O–H groups in total. The zero-order valence-electron chi connectivity index (χ0n) is 20.3. The number of carbonyl (C=O) groups excluding carboxylic acids is 2. The minimum absolute atomic E-state index is 0.116.